The third-order valence-corrected chi connectivity index (χ3v) is 0.704. The molecular formula is C4H6N2. The number of hydrogen-bond acceptors (Lipinski definition) is 1. The second-order valence-electron chi connectivity index (χ2n) is 1.42. The molecule has 0 aliphatic carbocycles. The predicted octanol–water partition coefficient (Wildman–Crippen LogP) is -0.102. The molecule has 2 heteroatoms. The summed E-state index contributed by atoms with van der Waals surface area (Å²) in [4.78, 5) is 3.82. The second kappa shape index (κ2) is 1.29. The van der Waals surface area contributed by atoms with Crippen molar-refractivity contribution in [1.82, 2.24) is 5.32 Å². The molecule has 0 aromatic heterocycles. The van der Waals surface area contributed by atoms with Gasteiger partial charge in [-0.3, -0.25) is 10.3 Å². The van der Waals surface area contributed by atoms with Gasteiger partial charge in [0.2, 0.25) is 0 Å². The maximum atomic E-state index is 3.82. The summed E-state index contributed by atoms with van der Waals surface area (Å²) in [5, 5.41) is 3.75. The van der Waals surface area contributed by atoms with Crippen molar-refractivity contribution < 1.29 is 0 Å². The molecular weight excluding hydrogens is 76.1 g/mol. The highest BCUT2D eigenvalue weighted by molar-refractivity contribution is 5.56. The Morgan fingerprint density at radius 2 is 2.67 bits per heavy atom. The lowest BCUT2D eigenvalue weighted by atomic mass is 10.4. The van der Waals surface area contributed by atoms with Crippen LogP contribution in [0.25, 0.3) is 0 Å². The molecule has 0 spiro atoms. The van der Waals surface area contributed by atoms with Crippen LogP contribution in [0.15, 0.2) is 4.99 Å². The summed E-state index contributed by atoms with van der Waals surface area (Å²) in [7, 11) is 0. The van der Waals surface area contributed by atoms with Gasteiger partial charge in [-0.25, -0.2) is 0 Å². The van der Waals surface area contributed by atoms with Crippen molar-refractivity contribution >= 4 is 6.34 Å². The van der Waals surface area contributed by atoms with Crippen LogP contribution in [0.1, 0.15) is 6.92 Å². The summed E-state index contributed by atoms with van der Waals surface area (Å²) < 4.78 is 0. The Kier molecular flexibility index (Phi) is 0.783. The molecule has 6 heavy (non-hydrogen) atoms. The lowest BCUT2D eigenvalue weighted by Gasteiger charge is -1.87. The van der Waals surface area contributed by atoms with Gasteiger partial charge in [-0.2, -0.15) is 0 Å². The highest BCUT2D eigenvalue weighted by Gasteiger charge is 2.01. The van der Waals surface area contributed by atoms with Gasteiger partial charge < -0.3 is 0 Å². The Morgan fingerprint density at radius 1 is 1.83 bits per heavy atom. The molecule has 32 valence electrons. The molecule has 0 N–H and O–H groups in total. The number of hydrogen-bond donors (Lipinski definition) is 0. The molecule has 0 aromatic rings. The zero-order valence-electron chi connectivity index (χ0n) is 3.68. The zero-order chi connectivity index (χ0) is 4.41. The van der Waals surface area contributed by atoms with E-state index in [1.807, 2.05) is 6.92 Å². The normalized spacial score (nSPS) is 30.5. The average molecular weight is 82.1 g/mol. The number of aliphatic imine (C=N–C) groups is 1. The Morgan fingerprint density at radius 3 is 2.83 bits per heavy atom. The quantitative estimate of drug-likeness (QED) is 0.390. The molecule has 1 unspecified atom stereocenters. The lowest BCUT2D eigenvalue weighted by molar-refractivity contribution is 0.761. The molecule has 1 atom stereocenters. The van der Waals surface area contributed by atoms with Crippen molar-refractivity contribution in [3.8, 4) is 0 Å². The van der Waals surface area contributed by atoms with Gasteiger partial charge in [0.15, 0.2) is 6.34 Å². The van der Waals surface area contributed by atoms with Gasteiger partial charge in [0, 0.05) is 0 Å². The zero-order valence-corrected chi connectivity index (χ0v) is 3.68. The van der Waals surface area contributed by atoms with E-state index in [1.54, 1.807) is 0 Å². The van der Waals surface area contributed by atoms with Crippen molar-refractivity contribution in [3.63, 3.8) is 0 Å². The minimum atomic E-state index is 0.394. The molecule has 0 saturated heterocycles. The predicted molar refractivity (Wildman–Crippen MR) is 23.9 cm³/mol. The Labute approximate surface area is 37.3 Å². The fourth-order valence-electron chi connectivity index (χ4n) is 0.353. The summed E-state index contributed by atoms with van der Waals surface area (Å²) >= 11 is 0. The minimum absolute atomic E-state index is 0.394. The summed E-state index contributed by atoms with van der Waals surface area (Å²) in [6.07, 6.45) is 2.52. The summed E-state index contributed by atoms with van der Waals surface area (Å²) in [6, 6.07) is 0.394. The van der Waals surface area contributed by atoms with Gasteiger partial charge in [-0.05, 0) is 6.92 Å². The standard InChI is InChI=1S/C4H6N2/c1-4-2-5-3-6-4/h4H,2H2,1H3. The van der Waals surface area contributed by atoms with Gasteiger partial charge in [-0.15, -0.1) is 0 Å². The van der Waals surface area contributed by atoms with Crippen LogP contribution in [0.4, 0.5) is 0 Å². The van der Waals surface area contributed by atoms with E-state index in [4.69, 9.17) is 0 Å². The smallest absolute Gasteiger partial charge is 0.188 e. The highest BCUT2D eigenvalue weighted by atomic mass is 15.0. The third kappa shape index (κ3) is 0.506. The minimum Gasteiger partial charge on any atom is -0.262 e. The van der Waals surface area contributed by atoms with Crippen molar-refractivity contribution in [2.24, 2.45) is 4.99 Å². The average Bonchev–Trinajstić information content (AvgIpc) is 1.86. The van der Waals surface area contributed by atoms with Crippen LogP contribution in [0.2, 0.25) is 0 Å². The monoisotopic (exact) mass is 82.1 g/mol. The molecule has 0 saturated carbocycles. The first-order valence-electron chi connectivity index (χ1n) is 2.01. The molecule has 1 rings (SSSR count). The van der Waals surface area contributed by atoms with Crippen LogP contribution in [0, 0.1) is 0 Å². The van der Waals surface area contributed by atoms with Crippen LogP contribution in [-0.2, 0) is 0 Å². The van der Waals surface area contributed by atoms with Gasteiger partial charge in [0.1, 0.15) is 0 Å². The van der Waals surface area contributed by atoms with E-state index in [0.29, 0.717) is 6.04 Å². The van der Waals surface area contributed by atoms with Crippen LogP contribution >= 0.6 is 0 Å². The van der Waals surface area contributed by atoms with Crippen molar-refractivity contribution in [2.75, 3.05) is 6.54 Å². The second-order valence-corrected chi connectivity index (χ2v) is 1.42. The topological polar surface area (TPSA) is 26.5 Å². The molecule has 2 nitrogen and oxygen atoms in total. The van der Waals surface area contributed by atoms with Crippen molar-refractivity contribution in [2.45, 2.75) is 13.0 Å². The van der Waals surface area contributed by atoms with Crippen LogP contribution in [-0.4, -0.2) is 18.9 Å². The van der Waals surface area contributed by atoms with Gasteiger partial charge >= 0.3 is 0 Å². The molecule has 1 aliphatic rings. The summed E-state index contributed by atoms with van der Waals surface area (Å²) in [5.41, 5.74) is 0. The molecule has 0 fully saturated rings. The Hall–Kier alpha value is -0.530. The fourth-order valence-corrected chi connectivity index (χ4v) is 0.353. The van der Waals surface area contributed by atoms with Gasteiger partial charge in [-0.1, -0.05) is 0 Å². The van der Waals surface area contributed by atoms with E-state index in [2.05, 4.69) is 16.6 Å². The molecule has 1 heterocycles. The largest absolute Gasteiger partial charge is 0.262 e. The molecule has 0 amide bonds. The van der Waals surface area contributed by atoms with E-state index in [1.165, 1.54) is 0 Å². The maximum Gasteiger partial charge on any atom is 0.188 e. The lowest BCUT2D eigenvalue weighted by Crippen LogP contribution is -2.04. The van der Waals surface area contributed by atoms with E-state index >= 15 is 0 Å². The third-order valence-electron chi connectivity index (χ3n) is 0.704. The van der Waals surface area contributed by atoms with E-state index in [0.717, 1.165) is 6.54 Å². The van der Waals surface area contributed by atoms with Crippen LogP contribution in [0.5, 0.6) is 0 Å². The molecule has 1 aliphatic heterocycles. The first kappa shape index (κ1) is 3.65. The van der Waals surface area contributed by atoms with Crippen LogP contribution < -0.4 is 5.32 Å². The SMILES string of the molecule is CC1C[N][C]=N1. The highest BCUT2D eigenvalue weighted by Crippen LogP contribution is 1.89. The van der Waals surface area contributed by atoms with Gasteiger partial charge in [0.05, 0.1) is 12.6 Å². The van der Waals surface area contributed by atoms with Crippen LogP contribution in [0.3, 0.4) is 0 Å². The van der Waals surface area contributed by atoms with Gasteiger partial charge in [0.25, 0.3) is 0 Å². The molecule has 0 bridgehead atoms. The number of rotatable bonds is 0. The van der Waals surface area contributed by atoms with Crippen molar-refractivity contribution in [1.29, 1.82) is 0 Å². The first-order valence-corrected chi connectivity index (χ1v) is 2.01. The van der Waals surface area contributed by atoms with E-state index in [-0.39, 0.29) is 0 Å². The molecule has 2 radical (unpaired) electrons. The molecule has 0 aromatic carbocycles. The van der Waals surface area contributed by atoms with E-state index in [9.17, 15) is 0 Å². The summed E-state index contributed by atoms with van der Waals surface area (Å²) in [6.45, 7) is 2.85. The fraction of sp³-hybridized carbons (Fsp3) is 0.750. The Balaban J connectivity index is 2.38. The Bertz CT molecular complexity index is 67.9. The van der Waals surface area contributed by atoms with Crippen molar-refractivity contribution in [3.05, 3.63) is 0 Å². The first-order chi connectivity index (χ1) is 2.89. The van der Waals surface area contributed by atoms with E-state index < -0.39 is 0 Å². The maximum absolute atomic E-state index is 3.82. The number of nitrogens with zero attached hydrogens (tertiary/aromatic N) is 2. The summed E-state index contributed by atoms with van der Waals surface area (Å²) in [5.74, 6) is 0.